The standard InChI is InChI=1S/C41H54N4O7/c1-6-18-43(21-20-42-22-24-50-25-23-42)39(49)36-41-27-29(4)40(5,52-41)34(37(47)44(19-7-2)31-14-16-33(17-15-31)51-8-3)35(41)38(48)45(36)32(28-46)26-30-12-10-9-11-13-30/h6-7,9-17,29,32,34-36,46H,1-2,8,18-28H2,3-5H3/t29?,32-,34+,35+,36?,40-,41?/m1/s1. The van der Waals surface area contributed by atoms with Gasteiger partial charge < -0.3 is 34.0 Å². The van der Waals surface area contributed by atoms with Crippen molar-refractivity contribution in [1.29, 1.82) is 0 Å². The fourth-order valence-corrected chi connectivity index (χ4v) is 9.08. The van der Waals surface area contributed by atoms with Crippen molar-refractivity contribution in [2.24, 2.45) is 17.8 Å². The second kappa shape index (κ2) is 15.9. The number of ether oxygens (including phenoxy) is 3. The summed E-state index contributed by atoms with van der Waals surface area (Å²) in [6.45, 7) is 18.3. The Bertz CT molecular complexity index is 1600. The molecule has 4 aliphatic rings. The van der Waals surface area contributed by atoms with Gasteiger partial charge in [0.25, 0.3) is 0 Å². The number of anilines is 1. The molecule has 2 bridgehead atoms. The minimum atomic E-state index is -1.27. The zero-order chi connectivity index (χ0) is 37.0. The van der Waals surface area contributed by atoms with E-state index in [1.165, 1.54) is 0 Å². The van der Waals surface area contributed by atoms with Crippen molar-refractivity contribution in [3.05, 3.63) is 85.5 Å². The summed E-state index contributed by atoms with van der Waals surface area (Å²) in [6.07, 6.45) is 4.14. The van der Waals surface area contributed by atoms with Crippen LogP contribution in [0.2, 0.25) is 0 Å². The van der Waals surface area contributed by atoms with Crippen LogP contribution >= 0.6 is 0 Å². The summed E-state index contributed by atoms with van der Waals surface area (Å²) in [5, 5.41) is 11.0. The van der Waals surface area contributed by atoms with Gasteiger partial charge in [0, 0.05) is 45.0 Å². The Balaban J connectivity index is 1.41. The molecule has 11 heteroatoms. The number of amides is 3. The van der Waals surface area contributed by atoms with Crippen LogP contribution in [0.3, 0.4) is 0 Å². The third kappa shape index (κ3) is 6.79. The van der Waals surface area contributed by atoms with Crippen molar-refractivity contribution in [1.82, 2.24) is 14.7 Å². The van der Waals surface area contributed by atoms with Gasteiger partial charge >= 0.3 is 0 Å². The molecule has 1 N–H and O–H groups in total. The second-order valence-corrected chi connectivity index (χ2v) is 14.7. The molecule has 0 radical (unpaired) electrons. The van der Waals surface area contributed by atoms with Crippen molar-refractivity contribution in [2.45, 2.75) is 56.9 Å². The highest BCUT2D eigenvalue weighted by Gasteiger charge is 2.80. The highest BCUT2D eigenvalue weighted by atomic mass is 16.5. The number of carbonyl (C=O) groups excluding carboxylic acids is 3. The summed E-state index contributed by atoms with van der Waals surface area (Å²) in [6, 6.07) is 15.2. The first-order valence-corrected chi connectivity index (χ1v) is 18.7. The Labute approximate surface area is 307 Å². The average molecular weight is 715 g/mol. The smallest absolute Gasteiger partial charge is 0.248 e. The molecule has 3 unspecified atom stereocenters. The van der Waals surface area contributed by atoms with Crippen molar-refractivity contribution < 1.29 is 33.7 Å². The lowest BCUT2D eigenvalue weighted by atomic mass is 9.62. The maximum Gasteiger partial charge on any atom is 0.248 e. The van der Waals surface area contributed by atoms with Crippen molar-refractivity contribution in [3.8, 4) is 5.75 Å². The van der Waals surface area contributed by atoms with Gasteiger partial charge in [-0.25, -0.2) is 0 Å². The number of likely N-dealkylation sites (tertiary alicyclic amines) is 1. The maximum absolute atomic E-state index is 15.2. The molecule has 6 rings (SSSR count). The summed E-state index contributed by atoms with van der Waals surface area (Å²) in [4.78, 5) is 52.6. The third-order valence-corrected chi connectivity index (χ3v) is 11.7. The van der Waals surface area contributed by atoms with Gasteiger partial charge in [0.2, 0.25) is 17.7 Å². The molecule has 0 saturated carbocycles. The Morgan fingerprint density at radius 3 is 2.38 bits per heavy atom. The molecule has 4 fully saturated rings. The first kappa shape index (κ1) is 37.7. The van der Waals surface area contributed by atoms with Gasteiger partial charge in [-0.15, -0.1) is 13.2 Å². The molecule has 0 aromatic heterocycles. The van der Waals surface area contributed by atoms with Crippen LogP contribution in [0, 0.1) is 17.8 Å². The Morgan fingerprint density at radius 2 is 1.75 bits per heavy atom. The van der Waals surface area contributed by atoms with Gasteiger partial charge in [-0.05, 0) is 62.4 Å². The van der Waals surface area contributed by atoms with E-state index in [-0.39, 0.29) is 43.3 Å². The van der Waals surface area contributed by atoms with Crippen LogP contribution in [0.25, 0.3) is 0 Å². The molecule has 7 atom stereocenters. The topological polar surface area (TPSA) is 112 Å². The summed E-state index contributed by atoms with van der Waals surface area (Å²) in [7, 11) is 0. The minimum Gasteiger partial charge on any atom is -0.494 e. The van der Waals surface area contributed by atoms with E-state index in [1.807, 2.05) is 75.4 Å². The van der Waals surface area contributed by atoms with Gasteiger partial charge in [0.1, 0.15) is 17.4 Å². The Morgan fingerprint density at radius 1 is 1.06 bits per heavy atom. The van der Waals surface area contributed by atoms with Gasteiger partial charge in [0.05, 0.1) is 49.9 Å². The zero-order valence-corrected chi connectivity index (χ0v) is 30.8. The quantitative estimate of drug-likeness (QED) is 0.263. The van der Waals surface area contributed by atoms with E-state index in [0.29, 0.717) is 57.2 Å². The minimum absolute atomic E-state index is 0.144. The van der Waals surface area contributed by atoms with Crippen LogP contribution in [0.1, 0.15) is 32.8 Å². The third-order valence-electron chi connectivity index (χ3n) is 11.7. The van der Waals surface area contributed by atoms with E-state index in [2.05, 4.69) is 18.1 Å². The normalized spacial score (nSPS) is 28.7. The van der Waals surface area contributed by atoms with Gasteiger partial charge in [0.15, 0.2) is 0 Å². The van der Waals surface area contributed by atoms with Gasteiger partial charge in [-0.1, -0.05) is 49.4 Å². The summed E-state index contributed by atoms with van der Waals surface area (Å²) in [5.74, 6) is -2.12. The summed E-state index contributed by atoms with van der Waals surface area (Å²) < 4.78 is 18.3. The molecular formula is C41H54N4O7. The lowest BCUT2D eigenvalue weighted by Gasteiger charge is -2.40. The first-order chi connectivity index (χ1) is 25.1. The summed E-state index contributed by atoms with van der Waals surface area (Å²) in [5.41, 5.74) is -0.716. The predicted molar refractivity (Wildman–Crippen MR) is 199 cm³/mol. The van der Waals surface area contributed by atoms with E-state index in [1.54, 1.807) is 26.9 Å². The van der Waals surface area contributed by atoms with Crippen molar-refractivity contribution in [3.63, 3.8) is 0 Å². The van der Waals surface area contributed by atoms with Crippen molar-refractivity contribution in [2.75, 3.05) is 70.6 Å². The fraction of sp³-hybridized carbons (Fsp3) is 0.537. The van der Waals surface area contributed by atoms with Crippen LogP contribution < -0.4 is 9.64 Å². The summed E-state index contributed by atoms with van der Waals surface area (Å²) >= 11 is 0. The Hall–Kier alpha value is -4.03. The zero-order valence-electron chi connectivity index (χ0n) is 30.8. The van der Waals surface area contributed by atoms with Crippen LogP contribution in [0.15, 0.2) is 79.9 Å². The highest BCUT2D eigenvalue weighted by molar-refractivity contribution is 6.03. The number of aliphatic hydroxyl groups excluding tert-OH is 1. The number of rotatable bonds is 16. The molecule has 3 amide bonds. The SMILES string of the molecule is C=CCN(CCN1CCOCC1)C(=O)C1N([C@@H](CO)Cc2ccccc2)C(=O)[C@@H]2[C@@H](C(=O)N(CC=C)c3ccc(OCC)cc3)[C@]3(C)OC12CC3C. The molecular weight excluding hydrogens is 660 g/mol. The number of nitrogens with zero attached hydrogens (tertiary/aromatic N) is 4. The number of hydrogen-bond acceptors (Lipinski definition) is 8. The highest BCUT2D eigenvalue weighted by Crippen LogP contribution is 2.66. The molecule has 2 aromatic rings. The maximum atomic E-state index is 15.2. The monoisotopic (exact) mass is 714 g/mol. The number of carbonyl (C=O) groups is 3. The molecule has 1 spiro atoms. The molecule has 0 aliphatic carbocycles. The number of morpholine rings is 1. The van der Waals surface area contributed by atoms with Crippen LogP contribution in [-0.2, 0) is 30.3 Å². The van der Waals surface area contributed by atoms with Gasteiger partial charge in [-0.2, -0.15) is 0 Å². The average Bonchev–Trinajstić information content (AvgIpc) is 3.68. The number of benzene rings is 2. The molecule has 2 aromatic carbocycles. The predicted octanol–water partition coefficient (Wildman–Crippen LogP) is 3.57. The fourth-order valence-electron chi connectivity index (χ4n) is 9.08. The number of aliphatic hydroxyl groups is 1. The van der Waals surface area contributed by atoms with Gasteiger partial charge in [-0.3, -0.25) is 19.3 Å². The lowest BCUT2D eigenvalue weighted by molar-refractivity contribution is -0.155. The molecule has 11 nitrogen and oxygen atoms in total. The number of hydrogen-bond donors (Lipinski definition) is 1. The van der Waals surface area contributed by atoms with Crippen LogP contribution in [-0.4, -0.2) is 127 Å². The van der Waals surface area contributed by atoms with E-state index in [9.17, 15) is 5.11 Å². The van der Waals surface area contributed by atoms with Crippen LogP contribution in [0.4, 0.5) is 5.69 Å². The van der Waals surface area contributed by atoms with E-state index >= 15 is 14.4 Å². The molecule has 52 heavy (non-hydrogen) atoms. The van der Waals surface area contributed by atoms with E-state index in [0.717, 1.165) is 18.7 Å². The first-order valence-electron chi connectivity index (χ1n) is 18.7. The molecule has 4 heterocycles. The number of fused-ring (bicyclic) bond motifs is 1. The molecule has 4 saturated heterocycles. The van der Waals surface area contributed by atoms with Crippen molar-refractivity contribution >= 4 is 23.4 Å². The largest absolute Gasteiger partial charge is 0.494 e. The van der Waals surface area contributed by atoms with Crippen LogP contribution in [0.5, 0.6) is 5.75 Å². The molecule has 280 valence electrons. The molecule has 4 aliphatic heterocycles. The lowest BCUT2D eigenvalue weighted by Crippen LogP contribution is -2.60. The van der Waals surface area contributed by atoms with E-state index < -0.39 is 35.1 Å². The Kier molecular flexibility index (Phi) is 11.5. The van der Waals surface area contributed by atoms with E-state index in [4.69, 9.17) is 14.2 Å². The second-order valence-electron chi connectivity index (χ2n) is 14.7.